The van der Waals surface area contributed by atoms with Crippen molar-refractivity contribution in [1.29, 1.82) is 0 Å². The lowest BCUT2D eigenvalue weighted by molar-refractivity contribution is 0.130. The van der Waals surface area contributed by atoms with Gasteiger partial charge in [0.25, 0.3) is 0 Å². The molecule has 0 amide bonds. The van der Waals surface area contributed by atoms with E-state index in [4.69, 9.17) is 17.3 Å². The molecule has 1 aliphatic carbocycles. The molecule has 2 rings (SSSR count). The van der Waals surface area contributed by atoms with Crippen molar-refractivity contribution in [3.8, 4) is 0 Å². The number of rotatable bonds is 5. The summed E-state index contributed by atoms with van der Waals surface area (Å²) in [5.41, 5.74) is 7.36. The average molecular weight is 295 g/mol. The summed E-state index contributed by atoms with van der Waals surface area (Å²) >= 11 is 5.94. The van der Waals surface area contributed by atoms with Gasteiger partial charge in [-0.3, -0.25) is 4.90 Å². The molecule has 1 aliphatic rings. The van der Waals surface area contributed by atoms with Gasteiger partial charge in [0.1, 0.15) is 0 Å². The molecular weight excluding hydrogens is 268 g/mol. The highest BCUT2D eigenvalue weighted by molar-refractivity contribution is 6.30. The van der Waals surface area contributed by atoms with Crippen molar-refractivity contribution >= 4 is 11.6 Å². The molecule has 112 valence electrons. The van der Waals surface area contributed by atoms with Crippen LogP contribution in [0.3, 0.4) is 0 Å². The third-order valence-corrected chi connectivity index (χ3v) is 5.01. The van der Waals surface area contributed by atoms with E-state index < -0.39 is 0 Å². The second kappa shape index (κ2) is 7.44. The molecule has 0 saturated heterocycles. The van der Waals surface area contributed by atoms with E-state index in [1.54, 1.807) is 0 Å². The fourth-order valence-corrected chi connectivity index (χ4v) is 3.52. The minimum atomic E-state index is 0.498. The van der Waals surface area contributed by atoms with Crippen molar-refractivity contribution in [3.05, 3.63) is 34.9 Å². The summed E-state index contributed by atoms with van der Waals surface area (Å²) in [6.45, 7) is 4.07. The van der Waals surface area contributed by atoms with Crippen molar-refractivity contribution < 1.29 is 0 Å². The molecule has 20 heavy (non-hydrogen) atoms. The largest absolute Gasteiger partial charge is 0.329 e. The first kappa shape index (κ1) is 15.8. The number of nitrogens with zero attached hydrogens (tertiary/aromatic N) is 1. The quantitative estimate of drug-likeness (QED) is 0.892. The molecule has 0 heterocycles. The fourth-order valence-electron chi connectivity index (χ4n) is 3.40. The maximum absolute atomic E-state index is 6.05. The summed E-state index contributed by atoms with van der Waals surface area (Å²) in [4.78, 5) is 2.42. The Hall–Kier alpha value is -0.570. The predicted octanol–water partition coefficient (Wildman–Crippen LogP) is 3.93. The van der Waals surface area contributed by atoms with Gasteiger partial charge >= 0.3 is 0 Å². The minimum Gasteiger partial charge on any atom is -0.329 e. The molecule has 1 saturated carbocycles. The molecule has 2 N–H and O–H groups in total. The number of likely N-dealkylation sites (N-methyl/N-ethyl adjacent to an activating group) is 1. The SMILES string of the molecule is CC1CCC(C(CN)N(C)Cc2ccc(Cl)cc2)CC1. The normalized spacial score (nSPS) is 24.9. The third kappa shape index (κ3) is 4.21. The third-order valence-electron chi connectivity index (χ3n) is 4.76. The van der Waals surface area contributed by atoms with Crippen LogP contribution in [0.2, 0.25) is 5.02 Å². The van der Waals surface area contributed by atoms with Crippen LogP contribution in [0.1, 0.15) is 38.2 Å². The summed E-state index contributed by atoms with van der Waals surface area (Å²) in [5.74, 6) is 1.65. The molecule has 1 unspecified atom stereocenters. The Labute approximate surface area is 128 Å². The minimum absolute atomic E-state index is 0.498. The van der Waals surface area contributed by atoms with Crippen LogP contribution in [0, 0.1) is 11.8 Å². The number of hydrogen-bond acceptors (Lipinski definition) is 2. The van der Waals surface area contributed by atoms with Crippen LogP contribution < -0.4 is 5.73 Å². The summed E-state index contributed by atoms with van der Waals surface area (Å²) in [6, 6.07) is 8.64. The van der Waals surface area contributed by atoms with E-state index in [2.05, 4.69) is 31.0 Å². The Kier molecular flexibility index (Phi) is 5.88. The first-order chi connectivity index (χ1) is 9.60. The molecule has 3 heteroatoms. The molecule has 1 atom stereocenters. The van der Waals surface area contributed by atoms with Gasteiger partial charge in [0.05, 0.1) is 0 Å². The summed E-state index contributed by atoms with van der Waals surface area (Å²) < 4.78 is 0. The van der Waals surface area contributed by atoms with E-state index >= 15 is 0 Å². The van der Waals surface area contributed by atoms with Crippen LogP contribution >= 0.6 is 11.6 Å². The summed E-state index contributed by atoms with van der Waals surface area (Å²) in [6.07, 6.45) is 5.37. The van der Waals surface area contributed by atoms with E-state index in [-0.39, 0.29) is 0 Å². The molecule has 1 aromatic carbocycles. The van der Waals surface area contributed by atoms with Gasteiger partial charge in [-0.1, -0.05) is 43.5 Å². The lowest BCUT2D eigenvalue weighted by Crippen LogP contribution is -2.44. The molecule has 1 fully saturated rings. The first-order valence-electron chi connectivity index (χ1n) is 7.75. The van der Waals surface area contributed by atoms with Crippen molar-refractivity contribution in [2.24, 2.45) is 17.6 Å². The van der Waals surface area contributed by atoms with Crippen molar-refractivity contribution in [2.45, 2.75) is 45.2 Å². The van der Waals surface area contributed by atoms with E-state index in [0.29, 0.717) is 6.04 Å². The summed E-state index contributed by atoms with van der Waals surface area (Å²) in [5, 5.41) is 0.799. The van der Waals surface area contributed by atoms with E-state index in [1.807, 2.05) is 12.1 Å². The van der Waals surface area contributed by atoms with Crippen LogP contribution in [0.15, 0.2) is 24.3 Å². The zero-order chi connectivity index (χ0) is 14.5. The second-order valence-electron chi connectivity index (χ2n) is 6.36. The first-order valence-corrected chi connectivity index (χ1v) is 8.12. The van der Waals surface area contributed by atoms with Crippen molar-refractivity contribution in [2.75, 3.05) is 13.6 Å². The number of hydrogen-bond donors (Lipinski definition) is 1. The molecular formula is C17H27ClN2. The van der Waals surface area contributed by atoms with Gasteiger partial charge < -0.3 is 5.73 Å². The predicted molar refractivity (Wildman–Crippen MR) is 86.9 cm³/mol. The van der Waals surface area contributed by atoms with E-state index in [9.17, 15) is 0 Å². The monoisotopic (exact) mass is 294 g/mol. The molecule has 1 aromatic rings. The number of halogens is 1. The van der Waals surface area contributed by atoms with Gasteiger partial charge in [0.2, 0.25) is 0 Å². The van der Waals surface area contributed by atoms with E-state index in [0.717, 1.165) is 29.9 Å². The van der Waals surface area contributed by atoms with E-state index in [1.165, 1.54) is 31.2 Å². The van der Waals surface area contributed by atoms with Crippen LogP contribution in [0.4, 0.5) is 0 Å². The lowest BCUT2D eigenvalue weighted by Gasteiger charge is -2.37. The van der Waals surface area contributed by atoms with Crippen LogP contribution in [0.25, 0.3) is 0 Å². The zero-order valence-corrected chi connectivity index (χ0v) is 13.4. The Bertz CT molecular complexity index is 396. The summed E-state index contributed by atoms with van der Waals surface area (Å²) in [7, 11) is 2.20. The maximum Gasteiger partial charge on any atom is 0.0406 e. The Morgan fingerprint density at radius 1 is 1.20 bits per heavy atom. The van der Waals surface area contributed by atoms with Gasteiger partial charge in [0.15, 0.2) is 0 Å². The van der Waals surface area contributed by atoms with Gasteiger partial charge in [-0.25, -0.2) is 0 Å². The number of nitrogens with two attached hydrogens (primary N) is 1. The maximum atomic E-state index is 6.05. The van der Waals surface area contributed by atoms with Gasteiger partial charge in [0, 0.05) is 24.2 Å². The smallest absolute Gasteiger partial charge is 0.0406 e. The highest BCUT2D eigenvalue weighted by Gasteiger charge is 2.27. The van der Waals surface area contributed by atoms with Crippen LogP contribution in [-0.2, 0) is 6.54 Å². The highest BCUT2D eigenvalue weighted by atomic mass is 35.5. The van der Waals surface area contributed by atoms with Crippen LogP contribution in [0.5, 0.6) is 0 Å². The molecule has 0 bridgehead atoms. The zero-order valence-electron chi connectivity index (χ0n) is 12.7. The van der Waals surface area contributed by atoms with Crippen molar-refractivity contribution in [3.63, 3.8) is 0 Å². The molecule has 2 nitrogen and oxygen atoms in total. The molecule has 0 radical (unpaired) electrons. The lowest BCUT2D eigenvalue weighted by atomic mass is 9.79. The number of benzene rings is 1. The average Bonchev–Trinajstić information content (AvgIpc) is 2.44. The Morgan fingerprint density at radius 3 is 2.35 bits per heavy atom. The van der Waals surface area contributed by atoms with Gasteiger partial charge in [-0.05, 0) is 49.4 Å². The molecule has 0 aromatic heterocycles. The van der Waals surface area contributed by atoms with Gasteiger partial charge in [-0.2, -0.15) is 0 Å². The standard InChI is InChI=1S/C17H27ClN2/c1-13-3-7-15(8-4-13)17(11-19)20(2)12-14-5-9-16(18)10-6-14/h5-6,9-10,13,15,17H,3-4,7-8,11-12,19H2,1-2H3. The Balaban J connectivity index is 1.94. The van der Waals surface area contributed by atoms with Crippen LogP contribution in [-0.4, -0.2) is 24.5 Å². The molecule has 0 spiro atoms. The van der Waals surface area contributed by atoms with Crippen molar-refractivity contribution in [1.82, 2.24) is 4.90 Å². The highest BCUT2D eigenvalue weighted by Crippen LogP contribution is 2.32. The fraction of sp³-hybridized carbons (Fsp3) is 0.647. The molecule has 0 aliphatic heterocycles. The Morgan fingerprint density at radius 2 is 1.80 bits per heavy atom. The topological polar surface area (TPSA) is 29.3 Å². The second-order valence-corrected chi connectivity index (χ2v) is 6.80. The van der Waals surface area contributed by atoms with Gasteiger partial charge in [-0.15, -0.1) is 0 Å².